The number of nitrogens with zero attached hydrogens (tertiary/aromatic N) is 2. The number of H-pyrrole nitrogens is 1. The Morgan fingerprint density at radius 1 is 1.00 bits per heavy atom. The molecule has 7 heteroatoms. The summed E-state index contributed by atoms with van der Waals surface area (Å²) in [5, 5.41) is 0.0677. The second kappa shape index (κ2) is 8.86. The molecule has 6 nitrogen and oxygen atoms in total. The Labute approximate surface area is 190 Å². The molecular weight excluding hydrogens is 421 g/mol. The highest BCUT2D eigenvalue weighted by molar-refractivity contribution is 7.55. The summed E-state index contributed by atoms with van der Waals surface area (Å²) in [6.45, 7) is 9.13. The van der Waals surface area contributed by atoms with Crippen molar-refractivity contribution < 1.29 is 13.6 Å². The average Bonchev–Trinajstić information content (AvgIpc) is 3.31. The van der Waals surface area contributed by atoms with Crippen molar-refractivity contribution >= 4 is 24.8 Å². The Balaban J connectivity index is 1.71. The molecule has 0 saturated heterocycles. The van der Waals surface area contributed by atoms with E-state index >= 15 is 0 Å². The summed E-state index contributed by atoms with van der Waals surface area (Å²) in [6.07, 6.45) is 4.73. The molecule has 0 fully saturated rings. The minimum Gasteiger partial charge on any atom is -0.361 e. The van der Waals surface area contributed by atoms with Crippen molar-refractivity contribution in [2.45, 2.75) is 44.9 Å². The van der Waals surface area contributed by atoms with Gasteiger partial charge in [-0.15, -0.1) is 0 Å². The number of benzene rings is 2. The van der Waals surface area contributed by atoms with Gasteiger partial charge in [0.25, 0.3) is 0 Å². The van der Waals surface area contributed by atoms with Gasteiger partial charge in [-0.1, -0.05) is 48.5 Å². The van der Waals surface area contributed by atoms with Gasteiger partial charge in [-0.3, -0.25) is 4.57 Å². The normalized spacial score (nSPS) is 20.3. The minimum absolute atomic E-state index is 0.285. The Morgan fingerprint density at radius 2 is 1.66 bits per heavy atom. The number of hydrogen-bond acceptors (Lipinski definition) is 5. The molecule has 0 bridgehead atoms. The van der Waals surface area contributed by atoms with Crippen molar-refractivity contribution in [1.29, 1.82) is 0 Å². The van der Waals surface area contributed by atoms with Gasteiger partial charge >= 0.3 is 7.60 Å². The summed E-state index contributed by atoms with van der Waals surface area (Å²) in [4.78, 5) is 10.4. The first-order chi connectivity index (χ1) is 15.4. The van der Waals surface area contributed by atoms with Crippen LogP contribution in [-0.2, 0) is 25.3 Å². The number of nitrogens with one attached hydrogen (secondary N) is 1. The van der Waals surface area contributed by atoms with Crippen molar-refractivity contribution in [3.63, 3.8) is 0 Å². The van der Waals surface area contributed by atoms with Crippen LogP contribution in [-0.4, -0.2) is 41.5 Å². The van der Waals surface area contributed by atoms with Crippen molar-refractivity contribution in [3.05, 3.63) is 71.9 Å². The molecule has 4 rings (SSSR count). The zero-order valence-corrected chi connectivity index (χ0v) is 20.1. The van der Waals surface area contributed by atoms with E-state index in [-0.39, 0.29) is 13.2 Å². The van der Waals surface area contributed by atoms with E-state index in [4.69, 9.17) is 14.0 Å². The Hall–Kier alpha value is -2.40. The number of fused-ring (bicyclic) bond motifs is 1. The largest absolute Gasteiger partial charge is 0.364 e. The molecule has 0 aliphatic carbocycles. The summed E-state index contributed by atoms with van der Waals surface area (Å²) >= 11 is 0. The molecule has 170 valence electrons. The molecule has 2 aromatic carbocycles. The van der Waals surface area contributed by atoms with Gasteiger partial charge in [0.2, 0.25) is 5.28 Å². The van der Waals surface area contributed by atoms with Gasteiger partial charge in [0.1, 0.15) is 0 Å². The number of rotatable bonds is 9. The maximum absolute atomic E-state index is 14.3. The minimum atomic E-state index is -3.65. The molecule has 0 saturated carbocycles. The van der Waals surface area contributed by atoms with Gasteiger partial charge < -0.3 is 18.9 Å². The van der Waals surface area contributed by atoms with E-state index in [1.165, 1.54) is 10.9 Å². The van der Waals surface area contributed by atoms with Gasteiger partial charge in [-0.05, 0) is 51.3 Å². The van der Waals surface area contributed by atoms with Crippen LogP contribution in [0.5, 0.6) is 0 Å². The van der Waals surface area contributed by atoms with Crippen molar-refractivity contribution in [1.82, 2.24) is 9.88 Å². The predicted octanol–water partition coefficient (Wildman–Crippen LogP) is 5.95. The molecule has 0 amide bonds. The molecule has 0 spiro atoms. The second-order valence-electron chi connectivity index (χ2n) is 8.48. The molecule has 1 aliphatic heterocycles. The fourth-order valence-electron chi connectivity index (χ4n) is 4.80. The topological polar surface area (TPSA) is 66.9 Å². The van der Waals surface area contributed by atoms with Crippen LogP contribution in [0.25, 0.3) is 10.9 Å². The molecule has 1 unspecified atom stereocenters. The summed E-state index contributed by atoms with van der Waals surface area (Å²) in [5.41, 5.74) is 2.58. The van der Waals surface area contributed by atoms with Gasteiger partial charge in [-0.2, -0.15) is 0 Å². The van der Waals surface area contributed by atoms with E-state index in [0.717, 1.165) is 24.0 Å². The smallest absolute Gasteiger partial charge is 0.361 e. The van der Waals surface area contributed by atoms with Crippen molar-refractivity contribution in [3.8, 4) is 0 Å². The molecule has 1 atom stereocenters. The Kier molecular flexibility index (Phi) is 6.30. The van der Waals surface area contributed by atoms with Crippen molar-refractivity contribution in [2.24, 2.45) is 4.99 Å². The number of hydrogen-bond donors (Lipinski definition) is 1. The highest BCUT2D eigenvalue weighted by Crippen LogP contribution is 2.71. The van der Waals surface area contributed by atoms with Crippen LogP contribution in [0.1, 0.15) is 38.8 Å². The molecule has 3 aromatic rings. The van der Waals surface area contributed by atoms with Gasteiger partial charge in [0.15, 0.2) is 0 Å². The summed E-state index contributed by atoms with van der Waals surface area (Å²) < 4.78 is 26.1. The average molecular weight is 454 g/mol. The van der Waals surface area contributed by atoms with E-state index < -0.39 is 18.4 Å². The third kappa shape index (κ3) is 3.51. The lowest BCUT2D eigenvalue weighted by molar-refractivity contribution is 0.132. The van der Waals surface area contributed by atoms with Crippen LogP contribution < -0.4 is 0 Å². The molecule has 0 radical (unpaired) electrons. The van der Waals surface area contributed by atoms with Crippen LogP contribution in [0, 0.1) is 0 Å². The lowest BCUT2D eigenvalue weighted by Crippen LogP contribution is -2.53. The summed E-state index contributed by atoms with van der Waals surface area (Å²) in [6, 6.07) is 18.1. The maximum Gasteiger partial charge on any atom is 0.364 e. The molecule has 1 aromatic heterocycles. The summed E-state index contributed by atoms with van der Waals surface area (Å²) in [7, 11) is -3.65. The van der Waals surface area contributed by atoms with Crippen LogP contribution in [0.15, 0.2) is 65.8 Å². The first kappa shape index (κ1) is 22.8. The van der Waals surface area contributed by atoms with Gasteiger partial charge in [0, 0.05) is 23.6 Å². The molecule has 1 N–H and O–H groups in total. The van der Waals surface area contributed by atoms with E-state index in [0.29, 0.717) is 0 Å². The monoisotopic (exact) mass is 453 g/mol. The summed E-state index contributed by atoms with van der Waals surface area (Å²) in [5.74, 6) is 0. The number of aliphatic imine (C=N–C) groups is 1. The fourth-order valence-corrected chi connectivity index (χ4v) is 7.38. The SMILES string of the molecule is CCOP(=O)(OCC)C1(c2ccccc2)N=CN(CCc2c[nH]c3ccccc23)C1(C)C. The zero-order valence-electron chi connectivity index (χ0n) is 19.2. The number of para-hydroxylation sites is 1. The van der Waals surface area contributed by atoms with Crippen molar-refractivity contribution in [2.75, 3.05) is 19.8 Å². The third-order valence-corrected chi connectivity index (χ3v) is 9.33. The quantitative estimate of drug-likeness (QED) is 0.407. The number of aromatic nitrogens is 1. The Morgan fingerprint density at radius 3 is 2.34 bits per heavy atom. The first-order valence-corrected chi connectivity index (χ1v) is 12.8. The van der Waals surface area contributed by atoms with E-state index in [2.05, 4.69) is 48.1 Å². The molecule has 2 heterocycles. The highest BCUT2D eigenvalue weighted by Gasteiger charge is 2.65. The predicted molar refractivity (Wildman–Crippen MR) is 130 cm³/mol. The molecule has 1 aliphatic rings. The van der Waals surface area contributed by atoms with E-state index in [9.17, 15) is 4.57 Å². The lowest BCUT2D eigenvalue weighted by Gasteiger charge is -2.46. The van der Waals surface area contributed by atoms with Crippen LogP contribution in [0.2, 0.25) is 0 Å². The van der Waals surface area contributed by atoms with Gasteiger partial charge in [-0.25, -0.2) is 4.99 Å². The maximum atomic E-state index is 14.3. The lowest BCUT2D eigenvalue weighted by atomic mass is 9.87. The Bertz CT molecular complexity index is 1130. The van der Waals surface area contributed by atoms with Crippen LogP contribution in [0.3, 0.4) is 0 Å². The standard InChI is InChI=1S/C25H32N3O3P/c1-5-30-32(29,31-6-2)25(21-12-8-7-9-13-21)24(3,4)28(19-27-25)17-16-20-18-26-23-15-11-10-14-22(20)23/h7-15,18-19,26H,5-6,16-17H2,1-4H3. The van der Waals surface area contributed by atoms with E-state index in [1.807, 2.05) is 56.6 Å². The molecule has 32 heavy (non-hydrogen) atoms. The zero-order chi connectivity index (χ0) is 22.8. The second-order valence-corrected chi connectivity index (χ2v) is 10.6. The van der Waals surface area contributed by atoms with Crippen LogP contribution >= 0.6 is 7.60 Å². The number of aromatic amines is 1. The highest BCUT2D eigenvalue weighted by atomic mass is 31.2. The first-order valence-electron chi connectivity index (χ1n) is 11.2. The van der Waals surface area contributed by atoms with Gasteiger partial charge in [0.05, 0.1) is 25.1 Å². The molecular formula is C25H32N3O3P. The van der Waals surface area contributed by atoms with Crippen LogP contribution in [0.4, 0.5) is 0 Å². The van der Waals surface area contributed by atoms with E-state index in [1.54, 1.807) is 0 Å². The third-order valence-electron chi connectivity index (χ3n) is 6.42. The fraction of sp³-hybridized carbons (Fsp3) is 0.400.